The highest BCUT2D eigenvalue weighted by atomic mass is 16.4. The minimum atomic E-state index is -1.35. The summed E-state index contributed by atoms with van der Waals surface area (Å²) in [6.45, 7) is 3.31. The quantitative estimate of drug-likeness (QED) is 0.0141. The molecule has 7 unspecified atom stereocenters. The van der Waals surface area contributed by atoms with Gasteiger partial charge in [0.15, 0.2) is 5.96 Å². The molecule has 0 radical (unpaired) electrons. The zero-order chi connectivity index (χ0) is 55.6. The number of nitrogens with zero attached hydrogens (tertiary/aromatic N) is 2. The van der Waals surface area contributed by atoms with E-state index in [0.717, 1.165) is 10.9 Å². The molecule has 0 aliphatic heterocycles. The van der Waals surface area contributed by atoms with Crippen molar-refractivity contribution >= 4 is 64.2 Å². The van der Waals surface area contributed by atoms with Crippen molar-refractivity contribution in [3.8, 4) is 0 Å². The summed E-state index contributed by atoms with van der Waals surface area (Å²) in [7, 11) is 0. The molecule has 76 heavy (non-hydrogen) atoms. The first-order valence-corrected chi connectivity index (χ1v) is 25.5. The van der Waals surface area contributed by atoms with Gasteiger partial charge in [-0.15, -0.1) is 0 Å². The molecule has 0 spiro atoms. The van der Waals surface area contributed by atoms with Gasteiger partial charge in [-0.05, 0) is 87.6 Å². The van der Waals surface area contributed by atoms with Gasteiger partial charge < -0.3 is 81.0 Å². The van der Waals surface area contributed by atoms with Gasteiger partial charge in [-0.3, -0.25) is 38.6 Å². The van der Waals surface area contributed by atoms with Gasteiger partial charge in [0.1, 0.15) is 36.3 Å². The third-order valence-corrected chi connectivity index (χ3v) is 12.4. The number of imidazole rings is 1. The number of nitrogens with one attached hydrogen (secondary N) is 9. The normalized spacial score (nSPS) is 13.9. The number of nitrogens with two attached hydrogens (primary N) is 5. The molecule has 2 aromatic heterocycles. The van der Waals surface area contributed by atoms with Crippen molar-refractivity contribution in [3.63, 3.8) is 0 Å². The molecule has 0 fully saturated rings. The summed E-state index contributed by atoms with van der Waals surface area (Å²) in [5.74, 6) is -7.06. The van der Waals surface area contributed by atoms with Gasteiger partial charge in [0, 0.05) is 54.8 Å². The Balaban J connectivity index is 1.57. The maximum atomic E-state index is 14.5. The Labute approximate surface area is 441 Å². The molecule has 0 bridgehead atoms. The lowest BCUT2D eigenvalue weighted by molar-refractivity contribution is -0.143. The van der Waals surface area contributed by atoms with E-state index in [0.29, 0.717) is 55.6 Å². The van der Waals surface area contributed by atoms with Crippen molar-refractivity contribution in [1.29, 1.82) is 0 Å². The number of hydrogen-bond acceptors (Lipinski definition) is 13. The number of rotatable bonds is 34. The van der Waals surface area contributed by atoms with Crippen molar-refractivity contribution < 1.29 is 43.5 Å². The van der Waals surface area contributed by atoms with E-state index in [1.807, 2.05) is 24.3 Å². The second-order valence-corrected chi connectivity index (χ2v) is 18.8. The molecule has 20 N–H and O–H groups in total. The maximum absolute atomic E-state index is 14.5. The van der Waals surface area contributed by atoms with E-state index in [4.69, 9.17) is 28.7 Å². The summed E-state index contributed by atoms with van der Waals surface area (Å²) < 4.78 is 0. The Morgan fingerprint density at radius 1 is 0.632 bits per heavy atom. The summed E-state index contributed by atoms with van der Waals surface area (Å²) in [4.78, 5) is 123. The zero-order valence-corrected chi connectivity index (χ0v) is 43.1. The number of H-pyrrole nitrogens is 2. The first-order valence-electron chi connectivity index (χ1n) is 25.5. The smallest absolute Gasteiger partial charge is 0.326 e. The van der Waals surface area contributed by atoms with Crippen LogP contribution in [0.2, 0.25) is 0 Å². The van der Waals surface area contributed by atoms with Crippen LogP contribution in [0.4, 0.5) is 0 Å². The number of aromatic nitrogens is 3. The number of aromatic amines is 2. The monoisotopic (exact) mass is 1060 g/mol. The number of unbranched alkanes of at least 4 members (excludes halogenated alkanes) is 2. The van der Waals surface area contributed by atoms with Gasteiger partial charge >= 0.3 is 5.97 Å². The second kappa shape index (κ2) is 31.7. The highest BCUT2D eigenvalue weighted by molar-refractivity contribution is 5.97. The molecule has 4 aromatic rings. The van der Waals surface area contributed by atoms with E-state index in [2.05, 4.69) is 57.2 Å². The van der Waals surface area contributed by atoms with Gasteiger partial charge in [-0.25, -0.2) is 9.78 Å². The van der Waals surface area contributed by atoms with Crippen molar-refractivity contribution in [2.75, 3.05) is 26.2 Å². The zero-order valence-electron chi connectivity index (χ0n) is 43.1. The van der Waals surface area contributed by atoms with Gasteiger partial charge in [0.05, 0.1) is 18.9 Å². The van der Waals surface area contributed by atoms with Crippen molar-refractivity contribution in [3.05, 3.63) is 90.1 Å². The number of benzene rings is 2. The molecule has 7 amide bonds. The minimum Gasteiger partial charge on any atom is -0.480 e. The summed E-state index contributed by atoms with van der Waals surface area (Å²) in [6.07, 6.45) is 6.97. The first kappa shape index (κ1) is 60.7. The van der Waals surface area contributed by atoms with E-state index < -0.39 is 102 Å². The third-order valence-electron chi connectivity index (χ3n) is 12.4. The van der Waals surface area contributed by atoms with Crippen LogP contribution in [0.5, 0.6) is 0 Å². The molecule has 7 atom stereocenters. The molecule has 4 rings (SSSR count). The number of para-hydroxylation sites is 1. The number of guanidine groups is 1. The first-order chi connectivity index (χ1) is 36.4. The summed E-state index contributed by atoms with van der Waals surface area (Å²) in [5.41, 5.74) is 31.5. The van der Waals surface area contributed by atoms with Gasteiger partial charge in [0.25, 0.3) is 0 Å². The average Bonchev–Trinajstić information content (AvgIpc) is 4.07. The van der Waals surface area contributed by atoms with E-state index in [1.165, 1.54) is 12.5 Å². The Bertz CT molecular complexity index is 2530. The highest BCUT2D eigenvalue weighted by Gasteiger charge is 2.33. The molecular formula is C51H76N16O9. The fourth-order valence-corrected chi connectivity index (χ4v) is 8.21. The standard InChI is InChI=1S/C51H76N16O9/c1-30(2)43(50(75)76)67-48(73)38(18-9-11-21-53)63-46(71)37(17-8-10-20-52)62-42(68)28-60-45(70)41(24-32-26-59-36-16-7-6-15-34(32)36)66-47(72)39(19-12-22-58-51(55)56)64-49(74)40(23-31-13-4-3-5-14-31)65-44(69)35(54)25-33-27-57-29-61-33/h3-7,13-16,26-27,29-30,35,37-41,43,59H,8-12,17-25,28,52-54H2,1-2H3,(H,57,61)(H,60,70)(H,62,68)(H,63,71)(H,64,74)(H,65,69)(H,66,72)(H,67,73)(H,75,76)(H4,55,56,58). The predicted octanol–water partition coefficient (Wildman–Crippen LogP) is -1.68. The SMILES string of the molecule is CC(C)C(NC(=O)C(CCCCN)NC(=O)C(CCCCN)NC(=O)CNC(=O)C(Cc1c[nH]c2ccccc12)NC(=O)C(CCCN=C(N)N)NC(=O)C(Cc1ccccc1)NC(=O)C(N)Cc1cnc[nH]1)C(=O)O. The largest absolute Gasteiger partial charge is 0.480 e. The molecular weight excluding hydrogens is 981 g/mol. The molecule has 0 aliphatic carbocycles. The number of aliphatic carboxylic acids is 1. The molecule has 25 nitrogen and oxygen atoms in total. The lowest BCUT2D eigenvalue weighted by Gasteiger charge is -2.26. The molecule has 0 aliphatic rings. The number of fused-ring (bicyclic) bond motifs is 1. The summed E-state index contributed by atoms with van der Waals surface area (Å²) >= 11 is 0. The number of carboxylic acids is 1. The van der Waals surface area contributed by atoms with E-state index in [-0.39, 0.29) is 57.5 Å². The molecule has 0 saturated carbocycles. The topological polar surface area (TPSA) is 428 Å². The van der Waals surface area contributed by atoms with Crippen LogP contribution in [0.3, 0.4) is 0 Å². The molecule has 0 saturated heterocycles. The van der Waals surface area contributed by atoms with Crippen LogP contribution < -0.4 is 65.9 Å². The molecule has 2 heterocycles. The van der Waals surface area contributed by atoms with Gasteiger partial charge in [-0.2, -0.15) is 0 Å². The van der Waals surface area contributed by atoms with Crippen LogP contribution in [0.1, 0.15) is 82.0 Å². The molecule has 25 heteroatoms. The molecule has 2 aromatic carbocycles. The van der Waals surface area contributed by atoms with Crippen LogP contribution in [-0.2, 0) is 57.6 Å². The van der Waals surface area contributed by atoms with E-state index in [9.17, 15) is 43.5 Å². The summed E-state index contributed by atoms with van der Waals surface area (Å²) in [6, 6.07) is 7.66. The van der Waals surface area contributed by atoms with Crippen LogP contribution in [-0.4, -0.2) is 142 Å². The number of carbonyl (C=O) groups is 8. The van der Waals surface area contributed by atoms with E-state index in [1.54, 1.807) is 50.4 Å². The van der Waals surface area contributed by atoms with Crippen molar-refractivity contribution in [2.45, 2.75) is 127 Å². The predicted molar refractivity (Wildman–Crippen MR) is 285 cm³/mol. The van der Waals surface area contributed by atoms with Crippen LogP contribution in [0, 0.1) is 5.92 Å². The van der Waals surface area contributed by atoms with E-state index >= 15 is 0 Å². The Hall–Kier alpha value is -7.90. The third kappa shape index (κ3) is 20.4. The number of aliphatic imine (C=N–C) groups is 1. The minimum absolute atomic E-state index is 0.0233. The average molecular weight is 1060 g/mol. The maximum Gasteiger partial charge on any atom is 0.326 e. The molecule has 414 valence electrons. The van der Waals surface area contributed by atoms with Crippen molar-refractivity contribution in [2.24, 2.45) is 39.6 Å². The Morgan fingerprint density at radius 3 is 1.78 bits per heavy atom. The fraction of sp³-hybridized carbons (Fsp3) is 0.490. The fourth-order valence-electron chi connectivity index (χ4n) is 8.21. The lowest BCUT2D eigenvalue weighted by atomic mass is 10.0. The lowest BCUT2D eigenvalue weighted by Crippen LogP contribution is -2.59. The second-order valence-electron chi connectivity index (χ2n) is 18.8. The van der Waals surface area contributed by atoms with Crippen molar-refractivity contribution in [1.82, 2.24) is 52.2 Å². The van der Waals surface area contributed by atoms with Crippen LogP contribution in [0.15, 0.2) is 78.3 Å². The van der Waals surface area contributed by atoms with Gasteiger partial charge in [0.2, 0.25) is 41.4 Å². The number of amides is 7. The van der Waals surface area contributed by atoms with Crippen LogP contribution >= 0.6 is 0 Å². The van der Waals surface area contributed by atoms with Gasteiger partial charge in [-0.1, -0.05) is 62.4 Å². The Morgan fingerprint density at radius 2 is 1.18 bits per heavy atom. The number of carbonyl (C=O) groups excluding carboxylic acids is 7. The number of hydrogen-bond donors (Lipinski definition) is 15. The number of carboxylic acid groups (broad SMARTS) is 1. The highest BCUT2D eigenvalue weighted by Crippen LogP contribution is 2.20. The Kier molecular flexibility index (Phi) is 25.3. The summed E-state index contributed by atoms with van der Waals surface area (Å²) in [5, 5.41) is 29.1. The van der Waals surface area contributed by atoms with Crippen LogP contribution in [0.25, 0.3) is 10.9 Å².